The van der Waals surface area contributed by atoms with Crippen LogP contribution in [-0.4, -0.2) is 65.6 Å². The molecule has 28 heavy (non-hydrogen) atoms. The van der Waals surface area contributed by atoms with Gasteiger partial charge in [-0.05, 0) is 18.2 Å². The Hall–Kier alpha value is -2.05. The van der Waals surface area contributed by atoms with Crippen LogP contribution in [0, 0.1) is 18.6 Å². The number of carbonyl (C=O) groups excluding carboxylic acids is 1. The number of nitrogens with zero attached hydrogens (tertiary/aromatic N) is 4. The fourth-order valence-corrected chi connectivity index (χ4v) is 4.97. The molecule has 1 fully saturated rings. The van der Waals surface area contributed by atoms with E-state index in [9.17, 15) is 22.0 Å². The SMILES string of the molecule is Cc1nc(CSCC(=O)N2CCN(S(=O)(=O)c3cc(F)ccc3F)CC2)no1. The zero-order chi connectivity index (χ0) is 20.3. The Balaban J connectivity index is 1.53. The Labute approximate surface area is 164 Å². The van der Waals surface area contributed by atoms with Crippen molar-refractivity contribution in [3.05, 3.63) is 41.5 Å². The highest BCUT2D eigenvalue weighted by Crippen LogP contribution is 2.22. The van der Waals surface area contributed by atoms with Crippen molar-refractivity contribution in [3.63, 3.8) is 0 Å². The molecule has 0 N–H and O–H groups in total. The van der Waals surface area contributed by atoms with Gasteiger partial charge >= 0.3 is 0 Å². The van der Waals surface area contributed by atoms with E-state index in [2.05, 4.69) is 10.1 Å². The highest BCUT2D eigenvalue weighted by molar-refractivity contribution is 7.99. The maximum atomic E-state index is 13.8. The molecule has 12 heteroatoms. The predicted molar refractivity (Wildman–Crippen MR) is 96.9 cm³/mol. The van der Waals surface area contributed by atoms with Crippen LogP contribution in [0.1, 0.15) is 11.7 Å². The third kappa shape index (κ3) is 4.67. The molecule has 0 spiro atoms. The molecule has 1 aromatic heterocycles. The molecular weight excluding hydrogens is 414 g/mol. The Morgan fingerprint density at radius 3 is 2.61 bits per heavy atom. The highest BCUT2D eigenvalue weighted by atomic mass is 32.2. The third-order valence-corrected chi connectivity index (χ3v) is 6.96. The number of benzene rings is 1. The third-order valence-electron chi connectivity index (χ3n) is 4.13. The van der Waals surface area contributed by atoms with Gasteiger partial charge in [0, 0.05) is 33.1 Å². The maximum Gasteiger partial charge on any atom is 0.246 e. The minimum absolute atomic E-state index is 0.0126. The number of aryl methyl sites for hydroxylation is 1. The predicted octanol–water partition coefficient (Wildman–Crippen LogP) is 1.42. The Kier molecular flexibility index (Phi) is 6.30. The molecule has 0 aliphatic carbocycles. The van der Waals surface area contributed by atoms with Crippen LogP contribution >= 0.6 is 11.8 Å². The summed E-state index contributed by atoms with van der Waals surface area (Å²) >= 11 is 1.33. The normalized spacial score (nSPS) is 15.8. The molecule has 1 aliphatic heterocycles. The van der Waals surface area contributed by atoms with Gasteiger partial charge in [0.25, 0.3) is 0 Å². The number of halogens is 2. The van der Waals surface area contributed by atoms with Gasteiger partial charge in [0.2, 0.25) is 21.8 Å². The molecule has 8 nitrogen and oxygen atoms in total. The van der Waals surface area contributed by atoms with Gasteiger partial charge < -0.3 is 9.42 Å². The summed E-state index contributed by atoms with van der Waals surface area (Å²) in [6.45, 7) is 2.06. The van der Waals surface area contributed by atoms with Crippen LogP contribution in [0.5, 0.6) is 0 Å². The maximum absolute atomic E-state index is 13.8. The first-order valence-corrected chi connectivity index (χ1v) is 11.0. The summed E-state index contributed by atoms with van der Waals surface area (Å²) in [5.74, 6) is -0.401. The zero-order valence-electron chi connectivity index (χ0n) is 15.0. The largest absolute Gasteiger partial charge is 0.340 e. The monoisotopic (exact) mass is 432 g/mol. The molecule has 1 amide bonds. The van der Waals surface area contributed by atoms with Crippen molar-refractivity contribution in [1.29, 1.82) is 0 Å². The van der Waals surface area contributed by atoms with Crippen LogP contribution in [0.25, 0.3) is 0 Å². The summed E-state index contributed by atoms with van der Waals surface area (Å²) in [6.07, 6.45) is 0. The quantitative estimate of drug-likeness (QED) is 0.681. The Morgan fingerprint density at radius 1 is 1.25 bits per heavy atom. The lowest BCUT2D eigenvalue weighted by atomic mass is 10.3. The number of piperazine rings is 1. The number of rotatable bonds is 6. The minimum atomic E-state index is -4.17. The van der Waals surface area contributed by atoms with E-state index in [0.29, 0.717) is 23.5 Å². The van der Waals surface area contributed by atoms with Crippen molar-refractivity contribution in [2.24, 2.45) is 0 Å². The molecule has 1 saturated heterocycles. The zero-order valence-corrected chi connectivity index (χ0v) is 16.6. The second kappa shape index (κ2) is 8.53. The second-order valence-electron chi connectivity index (χ2n) is 6.08. The summed E-state index contributed by atoms with van der Waals surface area (Å²) in [5.41, 5.74) is 0. The summed E-state index contributed by atoms with van der Waals surface area (Å²) in [6, 6.07) is 2.31. The van der Waals surface area contributed by atoms with Crippen molar-refractivity contribution in [1.82, 2.24) is 19.3 Å². The number of hydrogen-bond acceptors (Lipinski definition) is 7. The van der Waals surface area contributed by atoms with E-state index < -0.39 is 26.6 Å². The van der Waals surface area contributed by atoms with Crippen LogP contribution in [0.2, 0.25) is 0 Å². The van der Waals surface area contributed by atoms with E-state index >= 15 is 0 Å². The van der Waals surface area contributed by atoms with Crippen molar-refractivity contribution >= 4 is 27.7 Å². The molecule has 2 heterocycles. The summed E-state index contributed by atoms with van der Waals surface area (Å²) < 4.78 is 58.2. The lowest BCUT2D eigenvalue weighted by Gasteiger charge is -2.34. The topological polar surface area (TPSA) is 96.6 Å². The highest BCUT2D eigenvalue weighted by Gasteiger charge is 2.32. The number of sulfonamides is 1. The van der Waals surface area contributed by atoms with Gasteiger partial charge in [0.15, 0.2) is 5.82 Å². The molecule has 152 valence electrons. The van der Waals surface area contributed by atoms with Crippen LogP contribution in [0.15, 0.2) is 27.6 Å². The molecular formula is C16H18F2N4O4S2. The van der Waals surface area contributed by atoms with E-state index in [1.807, 2.05) is 0 Å². The number of aromatic nitrogens is 2. The van der Waals surface area contributed by atoms with Crippen molar-refractivity contribution < 1.29 is 26.5 Å². The van der Waals surface area contributed by atoms with E-state index in [4.69, 9.17) is 4.52 Å². The number of carbonyl (C=O) groups is 1. The average Bonchev–Trinajstić information content (AvgIpc) is 3.08. The van der Waals surface area contributed by atoms with Crippen LogP contribution in [0.4, 0.5) is 8.78 Å². The Bertz CT molecular complexity index is 959. The van der Waals surface area contributed by atoms with Crippen molar-refractivity contribution in [2.75, 3.05) is 31.9 Å². The van der Waals surface area contributed by atoms with Gasteiger partial charge in [0.05, 0.1) is 11.5 Å². The van der Waals surface area contributed by atoms with Crippen molar-refractivity contribution in [3.8, 4) is 0 Å². The standard InChI is InChI=1S/C16H18F2N4O4S2/c1-11-19-15(20-26-11)9-27-10-16(23)21-4-6-22(7-5-21)28(24,25)14-8-12(17)2-3-13(14)18/h2-3,8H,4-7,9-10H2,1H3. The molecule has 0 bridgehead atoms. The first kappa shape index (κ1) is 20.7. The molecule has 3 rings (SSSR count). The molecule has 0 atom stereocenters. The smallest absolute Gasteiger partial charge is 0.246 e. The first-order chi connectivity index (χ1) is 13.3. The minimum Gasteiger partial charge on any atom is -0.340 e. The number of amides is 1. The fourth-order valence-electron chi connectivity index (χ4n) is 2.71. The molecule has 0 saturated carbocycles. The van der Waals surface area contributed by atoms with Gasteiger partial charge in [-0.2, -0.15) is 9.29 Å². The lowest BCUT2D eigenvalue weighted by Crippen LogP contribution is -2.51. The van der Waals surface area contributed by atoms with Gasteiger partial charge in [-0.15, -0.1) is 11.8 Å². The van der Waals surface area contributed by atoms with Crippen LogP contribution in [-0.2, 0) is 20.6 Å². The second-order valence-corrected chi connectivity index (χ2v) is 8.97. The number of thioether (sulfide) groups is 1. The van der Waals surface area contributed by atoms with Crippen LogP contribution in [0.3, 0.4) is 0 Å². The summed E-state index contributed by atoms with van der Waals surface area (Å²) in [4.78, 5) is 17.2. The van der Waals surface area contributed by atoms with Gasteiger partial charge in [-0.1, -0.05) is 5.16 Å². The fraction of sp³-hybridized carbons (Fsp3) is 0.438. The summed E-state index contributed by atoms with van der Waals surface area (Å²) in [7, 11) is -4.17. The van der Waals surface area contributed by atoms with E-state index in [-0.39, 0.29) is 37.8 Å². The van der Waals surface area contributed by atoms with Gasteiger partial charge in [-0.3, -0.25) is 4.79 Å². The van der Waals surface area contributed by atoms with Crippen molar-refractivity contribution in [2.45, 2.75) is 17.6 Å². The molecule has 2 aromatic rings. The van der Waals surface area contributed by atoms with Crippen LogP contribution < -0.4 is 0 Å². The molecule has 1 aliphatic rings. The average molecular weight is 432 g/mol. The first-order valence-electron chi connectivity index (χ1n) is 8.37. The van der Waals surface area contributed by atoms with E-state index in [0.717, 1.165) is 16.4 Å². The molecule has 0 radical (unpaired) electrons. The van der Waals surface area contributed by atoms with Gasteiger partial charge in [0.1, 0.15) is 16.5 Å². The van der Waals surface area contributed by atoms with E-state index in [1.165, 1.54) is 11.8 Å². The number of hydrogen-bond donors (Lipinski definition) is 0. The van der Waals surface area contributed by atoms with E-state index in [1.54, 1.807) is 11.8 Å². The van der Waals surface area contributed by atoms with Gasteiger partial charge in [-0.25, -0.2) is 17.2 Å². The molecule has 1 aromatic carbocycles. The molecule has 0 unspecified atom stereocenters. The summed E-state index contributed by atoms with van der Waals surface area (Å²) in [5, 5.41) is 3.74. The lowest BCUT2D eigenvalue weighted by molar-refractivity contribution is -0.129. The Morgan fingerprint density at radius 2 is 1.96 bits per heavy atom.